The molecule has 270 valence electrons. The standard InChI is InChI=1S/C44H66O4Si/c1-10-35(2)30-39(38-23-15-13-16-24-38)33-44(32-36(3)42(45)46-7,40-25-17-14-18-26-40)41-27-21-22-37(31-41)34-47-28-19-11-12-20-29-48-49(8,9)43(4,5)6/h13-18,21-27,31,35-36,39H,10-12,19-20,28-30,32-34H2,1-9H3. The zero-order valence-corrected chi connectivity index (χ0v) is 33.2. The maximum absolute atomic E-state index is 13.0. The lowest BCUT2D eigenvalue weighted by Gasteiger charge is -2.40. The number of unbranched alkanes of at least 4 members (excludes halogenated alkanes) is 3. The molecule has 0 aliphatic heterocycles. The summed E-state index contributed by atoms with van der Waals surface area (Å²) in [4.78, 5) is 13.0. The largest absolute Gasteiger partial charge is 0.469 e. The Morgan fingerprint density at radius 1 is 0.776 bits per heavy atom. The first-order valence-corrected chi connectivity index (χ1v) is 21.7. The molecule has 0 aliphatic carbocycles. The van der Waals surface area contributed by atoms with Crippen LogP contribution < -0.4 is 0 Å². The summed E-state index contributed by atoms with van der Waals surface area (Å²) in [7, 11) is -0.164. The monoisotopic (exact) mass is 686 g/mol. The van der Waals surface area contributed by atoms with Gasteiger partial charge in [-0.1, -0.05) is 146 Å². The van der Waals surface area contributed by atoms with E-state index in [1.807, 2.05) is 6.92 Å². The lowest BCUT2D eigenvalue weighted by Crippen LogP contribution is -2.40. The first-order valence-electron chi connectivity index (χ1n) is 18.8. The van der Waals surface area contributed by atoms with Crippen LogP contribution in [0.2, 0.25) is 18.1 Å². The van der Waals surface area contributed by atoms with Gasteiger partial charge in [-0.05, 0) is 84.3 Å². The first kappa shape index (κ1) is 40.7. The molecule has 0 N–H and O–H groups in total. The molecule has 49 heavy (non-hydrogen) atoms. The van der Waals surface area contributed by atoms with E-state index < -0.39 is 13.7 Å². The number of benzene rings is 3. The molecule has 0 fully saturated rings. The Bertz CT molecular complexity index is 1370. The van der Waals surface area contributed by atoms with Crippen molar-refractivity contribution in [3.63, 3.8) is 0 Å². The Labute approximate surface area is 300 Å². The fraction of sp³-hybridized carbons (Fsp3) is 0.568. The molecule has 0 radical (unpaired) electrons. The summed E-state index contributed by atoms with van der Waals surface area (Å²) in [5.74, 6) is 0.483. The number of esters is 1. The van der Waals surface area contributed by atoms with Gasteiger partial charge >= 0.3 is 5.97 Å². The fourth-order valence-electron chi connectivity index (χ4n) is 6.77. The van der Waals surface area contributed by atoms with E-state index in [0.29, 0.717) is 24.9 Å². The molecule has 0 amide bonds. The lowest BCUT2D eigenvalue weighted by molar-refractivity contribution is -0.145. The van der Waals surface area contributed by atoms with Gasteiger partial charge in [-0.25, -0.2) is 0 Å². The van der Waals surface area contributed by atoms with Gasteiger partial charge in [-0.15, -0.1) is 0 Å². The van der Waals surface area contributed by atoms with E-state index >= 15 is 0 Å². The predicted octanol–water partition coefficient (Wildman–Crippen LogP) is 11.9. The van der Waals surface area contributed by atoms with Crippen LogP contribution in [-0.2, 0) is 30.7 Å². The topological polar surface area (TPSA) is 44.8 Å². The van der Waals surface area contributed by atoms with Gasteiger partial charge in [0.25, 0.3) is 0 Å². The molecule has 3 rings (SSSR count). The maximum atomic E-state index is 13.0. The van der Waals surface area contributed by atoms with Crippen molar-refractivity contribution in [1.82, 2.24) is 0 Å². The molecule has 4 unspecified atom stereocenters. The van der Waals surface area contributed by atoms with Crippen molar-refractivity contribution in [2.75, 3.05) is 20.3 Å². The third kappa shape index (κ3) is 12.2. The third-order valence-corrected chi connectivity index (χ3v) is 15.6. The Hall–Kier alpha value is -2.73. The molecule has 5 heteroatoms. The van der Waals surface area contributed by atoms with Crippen molar-refractivity contribution < 1.29 is 18.7 Å². The highest BCUT2D eigenvalue weighted by atomic mass is 28.4. The Kier molecular flexibility index (Phi) is 16.3. The molecule has 0 aliphatic rings. The van der Waals surface area contributed by atoms with E-state index in [0.717, 1.165) is 51.7 Å². The summed E-state index contributed by atoms with van der Waals surface area (Å²) < 4.78 is 17.9. The number of hydrogen-bond donors (Lipinski definition) is 0. The van der Waals surface area contributed by atoms with Gasteiger partial charge in [-0.3, -0.25) is 4.79 Å². The van der Waals surface area contributed by atoms with Crippen molar-refractivity contribution in [2.45, 2.75) is 129 Å². The Morgan fingerprint density at radius 2 is 1.39 bits per heavy atom. The van der Waals surface area contributed by atoms with E-state index in [2.05, 4.69) is 133 Å². The van der Waals surface area contributed by atoms with Crippen LogP contribution in [0.1, 0.15) is 121 Å². The van der Waals surface area contributed by atoms with Crippen LogP contribution in [0.5, 0.6) is 0 Å². The molecule has 3 aromatic rings. The molecule has 0 spiro atoms. The van der Waals surface area contributed by atoms with Gasteiger partial charge in [0.15, 0.2) is 8.32 Å². The number of carbonyl (C=O) groups excluding carboxylic acids is 1. The second kappa shape index (κ2) is 19.6. The summed E-state index contributed by atoms with van der Waals surface area (Å²) in [5.41, 5.74) is 4.61. The second-order valence-corrected chi connectivity index (χ2v) is 20.7. The highest BCUT2D eigenvalue weighted by Gasteiger charge is 2.40. The lowest BCUT2D eigenvalue weighted by atomic mass is 9.63. The number of ether oxygens (including phenoxy) is 2. The van der Waals surface area contributed by atoms with E-state index in [1.165, 1.54) is 35.8 Å². The van der Waals surface area contributed by atoms with Gasteiger partial charge in [0.2, 0.25) is 0 Å². The third-order valence-electron chi connectivity index (χ3n) is 11.0. The normalized spacial score (nSPS) is 15.3. The van der Waals surface area contributed by atoms with E-state index in [9.17, 15) is 4.79 Å². The van der Waals surface area contributed by atoms with Crippen LogP contribution in [0.25, 0.3) is 0 Å². The Morgan fingerprint density at radius 3 is 2.00 bits per heavy atom. The van der Waals surface area contributed by atoms with Crippen molar-refractivity contribution >= 4 is 14.3 Å². The van der Waals surface area contributed by atoms with Gasteiger partial charge < -0.3 is 13.9 Å². The van der Waals surface area contributed by atoms with Crippen LogP contribution in [-0.4, -0.2) is 34.6 Å². The zero-order chi connectivity index (χ0) is 35.9. The summed E-state index contributed by atoms with van der Waals surface area (Å²) in [6.45, 7) is 20.4. The van der Waals surface area contributed by atoms with Crippen LogP contribution in [0.3, 0.4) is 0 Å². The summed E-state index contributed by atoms with van der Waals surface area (Å²) in [6.07, 6.45) is 8.28. The van der Waals surface area contributed by atoms with E-state index in [4.69, 9.17) is 13.9 Å². The molecule has 0 saturated carbocycles. The molecule has 0 bridgehead atoms. The molecule has 0 saturated heterocycles. The quantitative estimate of drug-likeness (QED) is 0.0635. The molecule has 3 aromatic carbocycles. The minimum Gasteiger partial charge on any atom is -0.469 e. The number of rotatable bonds is 21. The minimum atomic E-state index is -1.66. The SMILES string of the molecule is CCC(C)CC(CC(CC(C)C(=O)OC)(c1ccccc1)c1cccc(COCCCCCCO[Si](C)(C)C(C)(C)C)c1)c1ccccc1. The highest BCUT2D eigenvalue weighted by Crippen LogP contribution is 2.47. The van der Waals surface area contributed by atoms with Gasteiger partial charge in [0.05, 0.1) is 19.6 Å². The minimum absolute atomic E-state index is 0.162. The average Bonchev–Trinajstić information content (AvgIpc) is 3.10. The molecule has 0 heterocycles. The smallest absolute Gasteiger partial charge is 0.308 e. The zero-order valence-electron chi connectivity index (χ0n) is 32.2. The van der Waals surface area contributed by atoms with Gasteiger partial charge in [0.1, 0.15) is 0 Å². The first-order chi connectivity index (χ1) is 23.3. The van der Waals surface area contributed by atoms with Crippen LogP contribution >= 0.6 is 0 Å². The summed E-state index contributed by atoms with van der Waals surface area (Å²) in [6, 6.07) is 30.7. The fourth-order valence-corrected chi connectivity index (χ4v) is 7.86. The van der Waals surface area contributed by atoms with Crippen LogP contribution in [0.4, 0.5) is 0 Å². The van der Waals surface area contributed by atoms with Crippen LogP contribution in [0, 0.1) is 11.8 Å². The maximum Gasteiger partial charge on any atom is 0.308 e. The Balaban J connectivity index is 1.82. The predicted molar refractivity (Wildman–Crippen MR) is 209 cm³/mol. The van der Waals surface area contributed by atoms with Crippen LogP contribution in [0.15, 0.2) is 84.9 Å². The number of methoxy groups -OCH3 is 1. The van der Waals surface area contributed by atoms with Crippen molar-refractivity contribution in [3.8, 4) is 0 Å². The highest BCUT2D eigenvalue weighted by molar-refractivity contribution is 6.74. The number of carbonyl (C=O) groups is 1. The second-order valence-electron chi connectivity index (χ2n) is 15.9. The van der Waals surface area contributed by atoms with Crippen molar-refractivity contribution in [1.29, 1.82) is 0 Å². The van der Waals surface area contributed by atoms with Gasteiger partial charge in [-0.2, -0.15) is 0 Å². The molecular weight excluding hydrogens is 621 g/mol. The van der Waals surface area contributed by atoms with E-state index in [1.54, 1.807) is 0 Å². The molecular formula is C44H66O4Si. The van der Waals surface area contributed by atoms with E-state index in [-0.39, 0.29) is 16.9 Å². The van der Waals surface area contributed by atoms with Gasteiger partial charge in [0, 0.05) is 18.6 Å². The molecule has 4 atom stereocenters. The summed E-state index contributed by atoms with van der Waals surface area (Å²) >= 11 is 0. The molecule has 0 aromatic heterocycles. The number of hydrogen-bond acceptors (Lipinski definition) is 4. The van der Waals surface area contributed by atoms with Crippen molar-refractivity contribution in [2.24, 2.45) is 11.8 Å². The average molecular weight is 687 g/mol. The molecule has 4 nitrogen and oxygen atoms in total. The van der Waals surface area contributed by atoms with Crippen molar-refractivity contribution in [3.05, 3.63) is 107 Å². The summed E-state index contributed by atoms with van der Waals surface area (Å²) in [5, 5.41) is 0.260.